The van der Waals surface area contributed by atoms with Gasteiger partial charge in [-0.25, -0.2) is 13.8 Å². The van der Waals surface area contributed by atoms with Gasteiger partial charge in [-0.3, -0.25) is 4.79 Å². The number of carbonyl (C=O) groups excluding carboxylic acids is 1. The second kappa shape index (κ2) is 8.60. The fourth-order valence-electron chi connectivity index (χ4n) is 2.48. The quantitative estimate of drug-likeness (QED) is 0.631. The van der Waals surface area contributed by atoms with Crippen LogP contribution < -0.4 is 10.6 Å². The fraction of sp³-hybridized carbons (Fsp3) is 0.100. The molecule has 0 aliphatic heterocycles. The molecule has 0 unspecified atom stereocenters. The van der Waals surface area contributed by atoms with Crippen LogP contribution in [0.5, 0.6) is 0 Å². The van der Waals surface area contributed by atoms with Gasteiger partial charge in [0.1, 0.15) is 17.5 Å². The smallest absolute Gasteiger partial charge is 0.255 e. The van der Waals surface area contributed by atoms with E-state index in [2.05, 4.69) is 15.6 Å². The largest absolute Gasteiger partial charge is 0.370 e. The van der Waals surface area contributed by atoms with Gasteiger partial charge in [0.15, 0.2) is 0 Å². The lowest BCUT2D eigenvalue weighted by Crippen LogP contribution is -2.14. The number of pyridine rings is 1. The molecule has 1 aromatic heterocycles. The Morgan fingerprint density at radius 2 is 1.93 bits per heavy atom. The van der Waals surface area contributed by atoms with Crippen LogP contribution in [0, 0.1) is 11.6 Å². The number of carbonyl (C=O) groups is 1. The summed E-state index contributed by atoms with van der Waals surface area (Å²) in [7, 11) is 0. The number of aromatic nitrogens is 1. The van der Waals surface area contributed by atoms with Gasteiger partial charge in [0.25, 0.3) is 5.91 Å². The van der Waals surface area contributed by atoms with E-state index in [0.717, 1.165) is 18.1 Å². The second-order valence-corrected chi connectivity index (χ2v) is 6.25. The normalized spacial score (nSPS) is 10.5. The third kappa shape index (κ3) is 5.24. The summed E-state index contributed by atoms with van der Waals surface area (Å²) < 4.78 is 26.6. The molecular formula is C20H16ClF2N3O. The lowest BCUT2D eigenvalue weighted by atomic mass is 10.1. The SMILES string of the molecule is O=C(Nc1ccc(F)cc1F)c1ccnc(NCCc2cccc(Cl)c2)c1. The van der Waals surface area contributed by atoms with Crippen molar-refractivity contribution in [3.05, 3.63) is 88.6 Å². The molecule has 1 heterocycles. The molecule has 0 radical (unpaired) electrons. The minimum atomic E-state index is -0.836. The summed E-state index contributed by atoms with van der Waals surface area (Å²) in [6.45, 7) is 0.602. The summed E-state index contributed by atoms with van der Waals surface area (Å²) in [5.74, 6) is -1.54. The third-order valence-electron chi connectivity index (χ3n) is 3.81. The highest BCUT2D eigenvalue weighted by Crippen LogP contribution is 2.17. The van der Waals surface area contributed by atoms with E-state index in [0.29, 0.717) is 29.0 Å². The maximum absolute atomic E-state index is 13.7. The van der Waals surface area contributed by atoms with Gasteiger partial charge in [-0.15, -0.1) is 0 Å². The zero-order valence-corrected chi connectivity index (χ0v) is 14.9. The average molecular weight is 388 g/mol. The van der Waals surface area contributed by atoms with Crippen LogP contribution in [0.15, 0.2) is 60.8 Å². The number of hydrogen-bond acceptors (Lipinski definition) is 3. The molecule has 0 atom stereocenters. The molecule has 4 nitrogen and oxygen atoms in total. The van der Waals surface area contributed by atoms with Crippen molar-refractivity contribution in [2.45, 2.75) is 6.42 Å². The van der Waals surface area contributed by atoms with Gasteiger partial charge in [-0.2, -0.15) is 0 Å². The number of nitrogens with zero attached hydrogens (tertiary/aromatic N) is 1. The summed E-state index contributed by atoms with van der Waals surface area (Å²) >= 11 is 5.96. The molecule has 0 aliphatic rings. The maximum atomic E-state index is 13.7. The van der Waals surface area contributed by atoms with Gasteiger partial charge in [0.05, 0.1) is 5.69 Å². The summed E-state index contributed by atoms with van der Waals surface area (Å²) in [6, 6.07) is 13.6. The van der Waals surface area contributed by atoms with Gasteiger partial charge in [0.2, 0.25) is 0 Å². The maximum Gasteiger partial charge on any atom is 0.255 e. The van der Waals surface area contributed by atoms with Crippen LogP contribution in [0.25, 0.3) is 0 Å². The lowest BCUT2D eigenvalue weighted by Gasteiger charge is -2.09. The molecule has 7 heteroatoms. The Morgan fingerprint density at radius 3 is 2.70 bits per heavy atom. The van der Waals surface area contributed by atoms with Crippen LogP contribution in [0.1, 0.15) is 15.9 Å². The first-order valence-corrected chi connectivity index (χ1v) is 8.60. The molecular weight excluding hydrogens is 372 g/mol. The highest BCUT2D eigenvalue weighted by molar-refractivity contribution is 6.30. The second-order valence-electron chi connectivity index (χ2n) is 5.81. The summed E-state index contributed by atoms with van der Waals surface area (Å²) in [5.41, 5.74) is 1.29. The lowest BCUT2D eigenvalue weighted by molar-refractivity contribution is 0.102. The Labute approximate surface area is 160 Å². The Hall–Kier alpha value is -2.99. The van der Waals surface area contributed by atoms with Gasteiger partial charge in [-0.1, -0.05) is 23.7 Å². The number of nitrogens with one attached hydrogen (secondary N) is 2. The predicted molar refractivity (Wildman–Crippen MR) is 102 cm³/mol. The van der Waals surface area contributed by atoms with E-state index in [9.17, 15) is 13.6 Å². The number of hydrogen-bond donors (Lipinski definition) is 2. The highest BCUT2D eigenvalue weighted by atomic mass is 35.5. The summed E-state index contributed by atoms with van der Waals surface area (Å²) in [5, 5.41) is 6.23. The Bertz CT molecular complexity index is 965. The first-order valence-electron chi connectivity index (χ1n) is 8.22. The topological polar surface area (TPSA) is 54.0 Å². The van der Waals surface area contributed by atoms with Crippen LogP contribution >= 0.6 is 11.6 Å². The molecule has 0 aliphatic carbocycles. The molecule has 3 rings (SSSR count). The van der Waals surface area contributed by atoms with Gasteiger partial charge < -0.3 is 10.6 Å². The van der Waals surface area contributed by atoms with E-state index < -0.39 is 17.5 Å². The van der Waals surface area contributed by atoms with Crippen LogP contribution in [-0.2, 0) is 6.42 Å². The van der Waals surface area contributed by atoms with Crippen LogP contribution in [0.3, 0.4) is 0 Å². The molecule has 27 heavy (non-hydrogen) atoms. The van der Waals surface area contributed by atoms with E-state index in [-0.39, 0.29) is 5.69 Å². The molecule has 2 aromatic carbocycles. The number of anilines is 2. The predicted octanol–water partition coefficient (Wildman–Crippen LogP) is 4.92. The Kier molecular flexibility index (Phi) is 5.98. The fourth-order valence-corrected chi connectivity index (χ4v) is 2.69. The van der Waals surface area contributed by atoms with Gasteiger partial charge >= 0.3 is 0 Å². The van der Waals surface area contributed by atoms with Crippen molar-refractivity contribution in [1.82, 2.24) is 4.98 Å². The number of halogens is 3. The standard InChI is InChI=1S/C20H16ClF2N3O/c21-15-3-1-2-13(10-15)6-8-24-19-11-14(7-9-25-19)20(27)26-18-5-4-16(22)12-17(18)23/h1-5,7,9-12H,6,8H2,(H,24,25)(H,26,27). The molecule has 0 bridgehead atoms. The summed E-state index contributed by atoms with van der Waals surface area (Å²) in [4.78, 5) is 16.5. The van der Waals surface area contributed by atoms with Crippen LogP contribution in [0.4, 0.5) is 20.3 Å². The van der Waals surface area contributed by atoms with Crippen molar-refractivity contribution in [1.29, 1.82) is 0 Å². The molecule has 2 N–H and O–H groups in total. The zero-order valence-electron chi connectivity index (χ0n) is 14.2. The van der Waals surface area contributed by atoms with Crippen molar-refractivity contribution >= 4 is 29.0 Å². The minimum Gasteiger partial charge on any atom is -0.370 e. The summed E-state index contributed by atoms with van der Waals surface area (Å²) in [6.07, 6.45) is 2.22. The Balaban J connectivity index is 1.61. The molecule has 138 valence electrons. The molecule has 1 amide bonds. The monoisotopic (exact) mass is 387 g/mol. The van der Waals surface area contributed by atoms with Crippen LogP contribution in [0.2, 0.25) is 5.02 Å². The molecule has 0 spiro atoms. The number of rotatable bonds is 6. The van der Waals surface area contributed by atoms with Crippen molar-refractivity contribution in [2.24, 2.45) is 0 Å². The van der Waals surface area contributed by atoms with Crippen molar-refractivity contribution < 1.29 is 13.6 Å². The molecule has 0 fully saturated rings. The molecule has 0 saturated carbocycles. The van der Waals surface area contributed by atoms with Crippen molar-refractivity contribution in [2.75, 3.05) is 17.2 Å². The van der Waals surface area contributed by atoms with E-state index in [1.54, 1.807) is 6.07 Å². The van der Waals surface area contributed by atoms with Gasteiger partial charge in [-0.05, 0) is 48.4 Å². The average Bonchev–Trinajstić information content (AvgIpc) is 2.64. The van der Waals surface area contributed by atoms with E-state index in [4.69, 9.17) is 11.6 Å². The highest BCUT2D eigenvalue weighted by Gasteiger charge is 2.11. The Morgan fingerprint density at radius 1 is 1.07 bits per heavy atom. The van der Waals surface area contributed by atoms with E-state index in [1.807, 2.05) is 24.3 Å². The van der Waals surface area contributed by atoms with Crippen molar-refractivity contribution in [3.8, 4) is 0 Å². The minimum absolute atomic E-state index is 0.0892. The van der Waals surface area contributed by atoms with Crippen LogP contribution in [-0.4, -0.2) is 17.4 Å². The zero-order chi connectivity index (χ0) is 19.2. The van der Waals surface area contributed by atoms with Crippen molar-refractivity contribution in [3.63, 3.8) is 0 Å². The number of benzene rings is 2. The number of amides is 1. The van der Waals surface area contributed by atoms with Gasteiger partial charge in [0, 0.05) is 29.4 Å². The first kappa shape index (κ1) is 18.8. The third-order valence-corrected chi connectivity index (χ3v) is 4.05. The molecule has 3 aromatic rings. The first-order chi connectivity index (χ1) is 13.0. The van der Waals surface area contributed by atoms with E-state index in [1.165, 1.54) is 18.3 Å². The van der Waals surface area contributed by atoms with E-state index >= 15 is 0 Å². The molecule has 0 saturated heterocycles.